The van der Waals surface area contributed by atoms with E-state index in [1.807, 2.05) is 0 Å². The molecule has 10 heteroatoms. The SMILES string of the molecule is COCc1cc(-c2c(F)c(F)c3c(c2F)N(C2CC2)C(C(=O)O)C(=O)C3=O)cc(C)n1. The van der Waals surface area contributed by atoms with E-state index in [4.69, 9.17) is 4.74 Å². The molecule has 1 aliphatic carbocycles. The average molecular weight is 434 g/mol. The number of carboxylic acid groups (broad SMARTS) is 1. The zero-order valence-electron chi connectivity index (χ0n) is 16.5. The van der Waals surface area contributed by atoms with Gasteiger partial charge in [-0.3, -0.25) is 14.6 Å². The summed E-state index contributed by atoms with van der Waals surface area (Å²) in [5, 5.41) is 9.50. The Morgan fingerprint density at radius 3 is 2.39 bits per heavy atom. The molecule has 2 aromatic rings. The Labute approximate surface area is 174 Å². The monoisotopic (exact) mass is 434 g/mol. The zero-order valence-corrected chi connectivity index (χ0v) is 16.5. The van der Waals surface area contributed by atoms with Gasteiger partial charge in [-0.2, -0.15) is 0 Å². The predicted molar refractivity (Wildman–Crippen MR) is 101 cm³/mol. The van der Waals surface area contributed by atoms with E-state index in [0.717, 1.165) is 4.90 Å². The lowest BCUT2D eigenvalue weighted by atomic mass is 9.89. The van der Waals surface area contributed by atoms with Gasteiger partial charge in [0.25, 0.3) is 0 Å². The molecular weight excluding hydrogens is 417 g/mol. The second-order valence-corrected chi connectivity index (χ2v) is 7.53. The topological polar surface area (TPSA) is 96.8 Å². The molecule has 1 aromatic carbocycles. The Kier molecular flexibility index (Phi) is 5.04. The van der Waals surface area contributed by atoms with Crippen molar-refractivity contribution in [2.24, 2.45) is 0 Å². The van der Waals surface area contributed by atoms with Crippen LogP contribution >= 0.6 is 0 Å². The minimum absolute atomic E-state index is 0.0353. The molecule has 1 unspecified atom stereocenters. The molecule has 0 amide bonds. The van der Waals surface area contributed by atoms with E-state index in [1.165, 1.54) is 19.2 Å². The fourth-order valence-corrected chi connectivity index (χ4v) is 3.93. The molecule has 31 heavy (non-hydrogen) atoms. The number of methoxy groups -OCH3 is 1. The third-order valence-corrected chi connectivity index (χ3v) is 5.29. The average Bonchev–Trinajstić information content (AvgIpc) is 3.52. The van der Waals surface area contributed by atoms with Crippen LogP contribution in [0.4, 0.5) is 18.9 Å². The van der Waals surface area contributed by atoms with E-state index in [-0.39, 0.29) is 12.2 Å². The maximum Gasteiger partial charge on any atom is 0.334 e. The van der Waals surface area contributed by atoms with Gasteiger partial charge in [0, 0.05) is 18.8 Å². The second-order valence-electron chi connectivity index (χ2n) is 7.53. The number of pyridine rings is 1. The van der Waals surface area contributed by atoms with Gasteiger partial charge in [-0.25, -0.2) is 18.0 Å². The molecule has 7 nitrogen and oxygen atoms in total. The Balaban J connectivity index is 2.03. The van der Waals surface area contributed by atoms with Crippen LogP contribution in [0.2, 0.25) is 0 Å². The molecule has 2 heterocycles. The van der Waals surface area contributed by atoms with E-state index in [9.17, 15) is 19.5 Å². The zero-order chi connectivity index (χ0) is 22.6. The van der Waals surface area contributed by atoms with E-state index in [1.54, 1.807) is 6.92 Å². The molecule has 2 aliphatic rings. The van der Waals surface area contributed by atoms with Crippen LogP contribution in [-0.2, 0) is 20.9 Å². The first-order valence-electron chi connectivity index (χ1n) is 9.44. The molecule has 1 aromatic heterocycles. The van der Waals surface area contributed by atoms with Gasteiger partial charge < -0.3 is 14.7 Å². The third-order valence-electron chi connectivity index (χ3n) is 5.29. The number of ketones is 2. The molecule has 1 saturated carbocycles. The fourth-order valence-electron chi connectivity index (χ4n) is 3.93. The van der Waals surface area contributed by atoms with Crippen molar-refractivity contribution >= 4 is 23.2 Å². The number of carbonyl (C=O) groups is 3. The van der Waals surface area contributed by atoms with E-state index >= 15 is 13.2 Å². The Morgan fingerprint density at radius 2 is 1.81 bits per heavy atom. The number of halogens is 3. The Morgan fingerprint density at radius 1 is 1.16 bits per heavy atom. The predicted octanol–water partition coefficient (Wildman–Crippen LogP) is 2.81. The van der Waals surface area contributed by atoms with Crippen molar-refractivity contribution < 1.29 is 37.4 Å². The van der Waals surface area contributed by atoms with E-state index < -0.39 is 63.9 Å². The number of aryl methyl sites for hydroxylation is 1. The number of hydrogen-bond donors (Lipinski definition) is 1. The van der Waals surface area contributed by atoms with Crippen LogP contribution in [0.1, 0.15) is 34.6 Å². The molecule has 0 spiro atoms. The van der Waals surface area contributed by atoms with Crippen LogP contribution in [0.25, 0.3) is 11.1 Å². The minimum atomic E-state index is -2.00. The van der Waals surface area contributed by atoms with Crippen LogP contribution in [-0.4, -0.2) is 46.8 Å². The van der Waals surface area contributed by atoms with Gasteiger partial charge in [0.1, 0.15) is 0 Å². The normalized spacial score (nSPS) is 18.4. The lowest BCUT2D eigenvalue weighted by Crippen LogP contribution is -2.55. The number of rotatable bonds is 5. The maximum atomic E-state index is 15.7. The van der Waals surface area contributed by atoms with Crippen molar-refractivity contribution in [3.8, 4) is 11.1 Å². The minimum Gasteiger partial charge on any atom is -0.479 e. The molecular formula is C21H17F3N2O5. The number of aromatic nitrogens is 1. The summed E-state index contributed by atoms with van der Waals surface area (Å²) in [5.41, 5.74) is -1.87. The number of anilines is 1. The summed E-state index contributed by atoms with van der Waals surface area (Å²) in [5.74, 6) is -9.30. The largest absolute Gasteiger partial charge is 0.479 e. The lowest BCUT2D eigenvalue weighted by Gasteiger charge is -2.35. The fraction of sp³-hybridized carbons (Fsp3) is 0.333. The highest BCUT2D eigenvalue weighted by Gasteiger charge is 2.52. The number of hydrogen-bond acceptors (Lipinski definition) is 6. The van der Waals surface area contributed by atoms with E-state index in [0.29, 0.717) is 24.2 Å². The first-order chi connectivity index (χ1) is 14.7. The Hall–Kier alpha value is -3.27. The molecule has 0 saturated heterocycles. The first-order valence-corrected chi connectivity index (χ1v) is 9.44. The van der Waals surface area contributed by atoms with Crippen molar-refractivity contribution in [2.75, 3.05) is 12.0 Å². The highest BCUT2D eigenvalue weighted by Crippen LogP contribution is 2.45. The molecule has 0 bridgehead atoms. The number of carboxylic acids is 1. The third kappa shape index (κ3) is 3.27. The van der Waals surface area contributed by atoms with Crippen molar-refractivity contribution in [3.05, 3.63) is 46.5 Å². The van der Waals surface area contributed by atoms with Crippen LogP contribution in [0.5, 0.6) is 0 Å². The molecule has 1 atom stereocenters. The highest BCUT2D eigenvalue weighted by molar-refractivity contribution is 6.51. The van der Waals surface area contributed by atoms with Crippen molar-refractivity contribution in [1.29, 1.82) is 0 Å². The van der Waals surface area contributed by atoms with Crippen molar-refractivity contribution in [2.45, 2.75) is 38.5 Å². The maximum absolute atomic E-state index is 15.7. The van der Waals surface area contributed by atoms with Crippen LogP contribution in [0.3, 0.4) is 0 Å². The summed E-state index contributed by atoms with van der Waals surface area (Å²) in [4.78, 5) is 41.6. The molecule has 4 rings (SSSR count). The number of Topliss-reactive ketones (excluding diaryl/α,β-unsaturated/α-hetero) is 2. The Bertz CT molecular complexity index is 1150. The molecule has 0 radical (unpaired) electrons. The van der Waals surface area contributed by atoms with Gasteiger partial charge in [-0.1, -0.05) is 0 Å². The summed E-state index contributed by atoms with van der Waals surface area (Å²) in [7, 11) is 1.41. The summed E-state index contributed by atoms with van der Waals surface area (Å²) >= 11 is 0. The summed E-state index contributed by atoms with van der Waals surface area (Å²) in [6.07, 6.45) is 0.843. The first kappa shape index (κ1) is 21.0. The smallest absolute Gasteiger partial charge is 0.334 e. The van der Waals surface area contributed by atoms with E-state index in [2.05, 4.69) is 4.98 Å². The van der Waals surface area contributed by atoms with Gasteiger partial charge >= 0.3 is 5.97 Å². The van der Waals surface area contributed by atoms with Gasteiger partial charge in [0.2, 0.25) is 11.6 Å². The molecule has 1 fully saturated rings. The molecule has 1 N–H and O–H groups in total. The van der Waals surface area contributed by atoms with Crippen LogP contribution < -0.4 is 4.90 Å². The number of benzene rings is 1. The summed E-state index contributed by atoms with van der Waals surface area (Å²) in [6.45, 7) is 1.61. The highest BCUT2D eigenvalue weighted by atomic mass is 19.2. The number of ether oxygens (including phenoxy) is 1. The second kappa shape index (κ2) is 7.45. The van der Waals surface area contributed by atoms with Crippen molar-refractivity contribution in [1.82, 2.24) is 4.98 Å². The van der Waals surface area contributed by atoms with Crippen LogP contribution in [0, 0.1) is 24.4 Å². The lowest BCUT2D eigenvalue weighted by molar-refractivity contribution is -0.141. The van der Waals surface area contributed by atoms with Crippen LogP contribution in [0.15, 0.2) is 12.1 Å². The number of nitrogens with zero attached hydrogens (tertiary/aromatic N) is 2. The van der Waals surface area contributed by atoms with Crippen molar-refractivity contribution in [3.63, 3.8) is 0 Å². The van der Waals surface area contributed by atoms with Gasteiger partial charge in [-0.15, -0.1) is 0 Å². The standard InChI is InChI=1S/C21H17F3N2O5/c1-8-5-9(6-10(25-8)7-31-2)12-14(22)15(23)13-17(16(12)24)26(11-3-4-11)18(21(29)30)20(28)19(13)27/h5-6,11,18H,3-4,7H2,1-2H3,(H,29,30). The summed E-state index contributed by atoms with van der Waals surface area (Å²) in [6, 6.07) is 0.0732. The van der Waals surface area contributed by atoms with Gasteiger partial charge in [0.15, 0.2) is 23.5 Å². The van der Waals surface area contributed by atoms with Gasteiger partial charge in [0.05, 0.1) is 29.1 Å². The molecule has 162 valence electrons. The number of fused-ring (bicyclic) bond motifs is 1. The number of carbonyl (C=O) groups excluding carboxylic acids is 2. The number of aliphatic carboxylic acids is 1. The molecule has 1 aliphatic heterocycles. The quantitative estimate of drug-likeness (QED) is 0.439. The summed E-state index contributed by atoms with van der Waals surface area (Å²) < 4.78 is 50.8. The van der Waals surface area contributed by atoms with Gasteiger partial charge in [-0.05, 0) is 37.5 Å².